The van der Waals surface area contributed by atoms with E-state index in [1.165, 1.54) is 42.5 Å². The van der Waals surface area contributed by atoms with Crippen molar-refractivity contribution in [2.24, 2.45) is 0 Å². The first-order valence-electron chi connectivity index (χ1n) is 13.5. The van der Waals surface area contributed by atoms with Gasteiger partial charge < -0.3 is 4.57 Å². The van der Waals surface area contributed by atoms with Gasteiger partial charge in [-0.3, -0.25) is 0 Å². The molecule has 0 atom stereocenters. The Morgan fingerprint density at radius 2 is 1.27 bits per heavy atom. The van der Waals surface area contributed by atoms with Crippen molar-refractivity contribution in [2.45, 2.75) is 0 Å². The molecule has 0 saturated carbocycles. The Bertz CT molecular complexity index is 2490. The lowest BCUT2D eigenvalue weighted by Gasteiger charge is -2.08. The Morgan fingerprint density at radius 1 is 0.585 bits per heavy atom. The van der Waals surface area contributed by atoms with Crippen LogP contribution in [-0.2, 0) is 0 Å². The molecule has 0 aliphatic heterocycles. The van der Waals surface area contributed by atoms with E-state index in [0.29, 0.717) is 11.0 Å². The van der Waals surface area contributed by atoms with Gasteiger partial charge in [0.25, 0.3) is 0 Å². The molecular formula is C36H20ClN3S. The third-order valence-electron chi connectivity index (χ3n) is 8.09. The van der Waals surface area contributed by atoms with Crippen molar-refractivity contribution in [3.8, 4) is 17.1 Å². The molecule has 0 fully saturated rings. The van der Waals surface area contributed by atoms with E-state index < -0.39 is 0 Å². The van der Waals surface area contributed by atoms with Crippen LogP contribution in [0.2, 0.25) is 5.15 Å². The second kappa shape index (κ2) is 8.61. The van der Waals surface area contributed by atoms with E-state index in [0.717, 1.165) is 32.4 Å². The standard InChI is InChI=1S/C36H20ClN3S/c37-35-34-33(32-26-13-7-5-9-22(26)16-19-30(32)41-34)38-36(39-35)23-15-17-28-27(20-23)31-25-12-6-4-8-21(25)14-18-29(31)40(28)24-10-2-1-3-11-24/h1-20H. The summed E-state index contributed by atoms with van der Waals surface area (Å²) in [6, 6.07) is 42.9. The summed E-state index contributed by atoms with van der Waals surface area (Å²) in [5, 5.41) is 8.85. The Labute approximate surface area is 243 Å². The maximum Gasteiger partial charge on any atom is 0.161 e. The summed E-state index contributed by atoms with van der Waals surface area (Å²) in [6.07, 6.45) is 0. The van der Waals surface area contributed by atoms with Gasteiger partial charge in [0, 0.05) is 32.1 Å². The molecule has 0 N–H and O–H groups in total. The molecule has 3 aromatic heterocycles. The van der Waals surface area contributed by atoms with Gasteiger partial charge in [-0.15, -0.1) is 11.3 Å². The summed E-state index contributed by atoms with van der Waals surface area (Å²) in [5.41, 5.74) is 5.31. The molecule has 0 saturated heterocycles. The minimum atomic E-state index is 0.493. The van der Waals surface area contributed by atoms with Crippen LogP contribution >= 0.6 is 22.9 Å². The topological polar surface area (TPSA) is 30.7 Å². The van der Waals surface area contributed by atoms with Crippen LogP contribution in [0.25, 0.3) is 80.7 Å². The summed E-state index contributed by atoms with van der Waals surface area (Å²) >= 11 is 8.52. The van der Waals surface area contributed by atoms with Crippen LogP contribution in [0.5, 0.6) is 0 Å². The molecule has 3 heterocycles. The van der Waals surface area contributed by atoms with E-state index in [9.17, 15) is 0 Å². The van der Waals surface area contributed by atoms with Gasteiger partial charge in [-0.25, -0.2) is 9.97 Å². The van der Waals surface area contributed by atoms with Gasteiger partial charge in [-0.2, -0.15) is 0 Å². The number of aromatic nitrogens is 3. The van der Waals surface area contributed by atoms with E-state index in [4.69, 9.17) is 21.6 Å². The molecule has 0 aliphatic carbocycles. The highest BCUT2D eigenvalue weighted by molar-refractivity contribution is 7.26. The minimum Gasteiger partial charge on any atom is -0.309 e. The third-order valence-corrected chi connectivity index (χ3v) is 9.63. The average molecular weight is 562 g/mol. The summed E-state index contributed by atoms with van der Waals surface area (Å²) in [5.74, 6) is 0.637. The number of nitrogens with zero attached hydrogens (tertiary/aromatic N) is 3. The number of benzene rings is 6. The zero-order valence-electron chi connectivity index (χ0n) is 21.7. The molecule has 3 nitrogen and oxygen atoms in total. The van der Waals surface area contributed by atoms with Gasteiger partial charge in [0.15, 0.2) is 11.0 Å². The van der Waals surface area contributed by atoms with E-state index >= 15 is 0 Å². The predicted octanol–water partition coefficient (Wildman–Crippen LogP) is 10.6. The maximum atomic E-state index is 6.87. The fraction of sp³-hybridized carbons (Fsp3) is 0. The predicted molar refractivity (Wildman–Crippen MR) is 175 cm³/mol. The van der Waals surface area contributed by atoms with Crippen molar-refractivity contribution in [2.75, 3.05) is 0 Å². The highest BCUT2D eigenvalue weighted by Gasteiger charge is 2.19. The van der Waals surface area contributed by atoms with Crippen LogP contribution in [0.1, 0.15) is 0 Å². The van der Waals surface area contributed by atoms with Gasteiger partial charge in [0.05, 0.1) is 21.3 Å². The van der Waals surface area contributed by atoms with Gasteiger partial charge in [0.2, 0.25) is 0 Å². The Hall–Kier alpha value is -4.77. The van der Waals surface area contributed by atoms with Crippen LogP contribution in [0.4, 0.5) is 0 Å². The van der Waals surface area contributed by atoms with Crippen molar-refractivity contribution in [3.63, 3.8) is 0 Å². The number of hydrogen-bond acceptors (Lipinski definition) is 3. The van der Waals surface area contributed by atoms with E-state index in [-0.39, 0.29) is 0 Å². The second-order valence-electron chi connectivity index (χ2n) is 10.4. The normalized spacial score (nSPS) is 12.0. The molecule has 192 valence electrons. The highest BCUT2D eigenvalue weighted by Crippen LogP contribution is 2.42. The number of thiophene rings is 1. The van der Waals surface area contributed by atoms with E-state index in [1.807, 2.05) is 0 Å². The molecule has 0 amide bonds. The first-order valence-corrected chi connectivity index (χ1v) is 14.7. The molecule has 41 heavy (non-hydrogen) atoms. The van der Waals surface area contributed by atoms with E-state index in [2.05, 4.69) is 126 Å². The summed E-state index contributed by atoms with van der Waals surface area (Å²) < 4.78 is 4.44. The molecule has 0 unspecified atom stereocenters. The summed E-state index contributed by atoms with van der Waals surface area (Å²) in [4.78, 5) is 9.99. The molecule has 0 radical (unpaired) electrons. The summed E-state index contributed by atoms with van der Waals surface area (Å²) in [7, 11) is 0. The lowest BCUT2D eigenvalue weighted by Crippen LogP contribution is -1.93. The molecule has 6 aromatic carbocycles. The van der Waals surface area contributed by atoms with Crippen LogP contribution in [0.15, 0.2) is 121 Å². The van der Waals surface area contributed by atoms with Gasteiger partial charge in [-0.1, -0.05) is 90.5 Å². The monoisotopic (exact) mass is 561 g/mol. The largest absolute Gasteiger partial charge is 0.309 e. The number of fused-ring (bicyclic) bond motifs is 10. The highest BCUT2D eigenvalue weighted by atomic mass is 35.5. The smallest absolute Gasteiger partial charge is 0.161 e. The molecular weight excluding hydrogens is 542 g/mol. The fourth-order valence-corrected chi connectivity index (χ4v) is 7.61. The first-order chi connectivity index (χ1) is 20.2. The zero-order chi connectivity index (χ0) is 27.1. The van der Waals surface area contributed by atoms with Crippen LogP contribution in [-0.4, -0.2) is 14.5 Å². The fourth-order valence-electron chi connectivity index (χ4n) is 6.29. The maximum absolute atomic E-state index is 6.87. The van der Waals surface area contributed by atoms with Crippen LogP contribution < -0.4 is 0 Å². The Kier molecular flexibility index (Phi) is 4.83. The lowest BCUT2D eigenvalue weighted by molar-refractivity contribution is 1.18. The van der Waals surface area contributed by atoms with Crippen LogP contribution in [0, 0.1) is 0 Å². The van der Waals surface area contributed by atoms with E-state index in [1.54, 1.807) is 11.3 Å². The number of para-hydroxylation sites is 1. The zero-order valence-corrected chi connectivity index (χ0v) is 23.2. The van der Waals surface area contributed by atoms with Crippen molar-refractivity contribution in [1.29, 1.82) is 0 Å². The molecule has 0 aliphatic rings. The van der Waals surface area contributed by atoms with Crippen LogP contribution in [0.3, 0.4) is 0 Å². The molecule has 0 spiro atoms. The number of rotatable bonds is 2. The van der Waals surface area contributed by atoms with Gasteiger partial charge in [-0.05, 0) is 64.0 Å². The quantitative estimate of drug-likeness (QED) is 0.196. The molecule has 0 bridgehead atoms. The molecule has 9 aromatic rings. The summed E-state index contributed by atoms with van der Waals surface area (Å²) in [6.45, 7) is 0. The minimum absolute atomic E-state index is 0.493. The number of halogens is 1. The average Bonchev–Trinajstić information content (AvgIpc) is 3.58. The first kappa shape index (κ1) is 23.0. The Balaban J connectivity index is 1.37. The van der Waals surface area contributed by atoms with Crippen molar-refractivity contribution in [1.82, 2.24) is 14.5 Å². The SMILES string of the molecule is Clc1nc(-c2ccc3c(c2)c2c4ccccc4ccc2n3-c2ccccc2)nc2c1sc1ccc3ccccc3c12. The number of hydrogen-bond donors (Lipinski definition) is 0. The second-order valence-corrected chi connectivity index (χ2v) is 11.8. The molecule has 9 rings (SSSR count). The van der Waals surface area contributed by atoms with Gasteiger partial charge >= 0.3 is 0 Å². The van der Waals surface area contributed by atoms with Crippen molar-refractivity contribution < 1.29 is 0 Å². The third kappa shape index (κ3) is 3.32. The lowest BCUT2D eigenvalue weighted by atomic mass is 10.0. The van der Waals surface area contributed by atoms with Crippen molar-refractivity contribution >= 4 is 86.6 Å². The van der Waals surface area contributed by atoms with Gasteiger partial charge in [0.1, 0.15) is 0 Å². The Morgan fingerprint density at radius 3 is 2.07 bits per heavy atom. The molecule has 5 heteroatoms. The van der Waals surface area contributed by atoms with Crippen molar-refractivity contribution in [3.05, 3.63) is 126 Å².